The van der Waals surface area contributed by atoms with Crippen molar-refractivity contribution in [3.05, 3.63) is 28.7 Å². The van der Waals surface area contributed by atoms with E-state index in [1.165, 1.54) is 0 Å². The molecule has 0 bridgehead atoms. The van der Waals surface area contributed by atoms with Gasteiger partial charge in [-0.25, -0.2) is 0 Å². The maximum atomic E-state index is 12.6. The molecule has 0 radical (unpaired) electrons. The van der Waals surface area contributed by atoms with Crippen LogP contribution >= 0.6 is 15.9 Å². The number of carbonyl (C=O) groups excluding carboxylic acids is 1. The van der Waals surface area contributed by atoms with E-state index in [9.17, 15) is 4.79 Å². The monoisotopic (exact) mass is 355 g/mol. The normalized spacial score (nSPS) is 20.1. The summed E-state index contributed by atoms with van der Waals surface area (Å²) in [6.07, 6.45) is 3.26. The highest BCUT2D eigenvalue weighted by Crippen LogP contribution is 2.22. The zero-order valence-electron chi connectivity index (χ0n) is 12.3. The summed E-state index contributed by atoms with van der Waals surface area (Å²) in [4.78, 5) is 14.4. The van der Waals surface area contributed by atoms with Crippen molar-refractivity contribution < 1.29 is 14.6 Å². The van der Waals surface area contributed by atoms with E-state index >= 15 is 0 Å². The van der Waals surface area contributed by atoms with Crippen molar-refractivity contribution in [1.29, 1.82) is 0 Å². The second kappa shape index (κ2) is 7.80. The molecule has 0 aromatic heterocycles. The third kappa shape index (κ3) is 4.45. The van der Waals surface area contributed by atoms with Crippen LogP contribution in [0.25, 0.3) is 0 Å². The number of rotatable bonds is 5. The molecule has 2 unspecified atom stereocenters. The fraction of sp³-hybridized carbons (Fsp3) is 0.562. The molecule has 4 nitrogen and oxygen atoms in total. The highest BCUT2D eigenvalue weighted by molar-refractivity contribution is 9.10. The van der Waals surface area contributed by atoms with E-state index in [4.69, 9.17) is 9.84 Å². The van der Waals surface area contributed by atoms with Crippen LogP contribution < -0.4 is 4.74 Å². The standard InChI is InChI=1S/C16H22BrNO3/c1-12(21-15-7-5-13(17)6-8-15)16(20)18-10-3-2-4-14(18)9-11-19/h5-8,12,14,19H,2-4,9-11H2,1H3. The summed E-state index contributed by atoms with van der Waals surface area (Å²) in [7, 11) is 0. The minimum absolute atomic E-state index is 0.0102. The Balaban J connectivity index is 1.98. The number of ether oxygens (including phenoxy) is 1. The molecule has 1 aliphatic heterocycles. The predicted molar refractivity (Wildman–Crippen MR) is 85.3 cm³/mol. The van der Waals surface area contributed by atoms with Crippen LogP contribution in [0.15, 0.2) is 28.7 Å². The number of aliphatic hydroxyl groups is 1. The van der Waals surface area contributed by atoms with Crippen molar-refractivity contribution in [2.24, 2.45) is 0 Å². The Morgan fingerprint density at radius 2 is 2.14 bits per heavy atom. The Labute approximate surface area is 134 Å². The summed E-state index contributed by atoms with van der Waals surface area (Å²) in [5.74, 6) is 0.700. The number of piperidine rings is 1. The highest BCUT2D eigenvalue weighted by Gasteiger charge is 2.30. The van der Waals surface area contributed by atoms with Gasteiger partial charge in [0.15, 0.2) is 6.10 Å². The quantitative estimate of drug-likeness (QED) is 0.883. The van der Waals surface area contributed by atoms with E-state index < -0.39 is 6.10 Å². The van der Waals surface area contributed by atoms with Crippen molar-refractivity contribution >= 4 is 21.8 Å². The minimum atomic E-state index is -0.509. The number of amides is 1. The zero-order valence-corrected chi connectivity index (χ0v) is 13.9. The fourth-order valence-electron chi connectivity index (χ4n) is 2.74. The molecule has 1 amide bonds. The topological polar surface area (TPSA) is 49.8 Å². The number of carbonyl (C=O) groups is 1. The predicted octanol–water partition coefficient (Wildman–Crippen LogP) is 2.98. The molecule has 21 heavy (non-hydrogen) atoms. The van der Waals surface area contributed by atoms with E-state index in [2.05, 4.69) is 15.9 Å². The van der Waals surface area contributed by atoms with Crippen LogP contribution in [0.5, 0.6) is 5.75 Å². The number of hydrogen-bond donors (Lipinski definition) is 1. The van der Waals surface area contributed by atoms with Gasteiger partial charge in [0.25, 0.3) is 5.91 Å². The van der Waals surface area contributed by atoms with Crippen molar-refractivity contribution in [2.45, 2.75) is 44.8 Å². The molecule has 2 atom stereocenters. The lowest BCUT2D eigenvalue weighted by Crippen LogP contribution is -2.49. The van der Waals surface area contributed by atoms with E-state index in [1.54, 1.807) is 6.92 Å². The van der Waals surface area contributed by atoms with Crippen LogP contribution in [-0.2, 0) is 4.79 Å². The van der Waals surface area contributed by atoms with Crippen LogP contribution in [0, 0.1) is 0 Å². The van der Waals surface area contributed by atoms with Crippen LogP contribution in [0.1, 0.15) is 32.6 Å². The lowest BCUT2D eigenvalue weighted by Gasteiger charge is -2.37. The first-order valence-corrected chi connectivity index (χ1v) is 8.24. The first-order chi connectivity index (χ1) is 10.1. The Morgan fingerprint density at radius 1 is 1.43 bits per heavy atom. The molecule has 0 spiro atoms. The zero-order chi connectivity index (χ0) is 15.2. The second-order valence-electron chi connectivity index (χ2n) is 5.41. The van der Waals surface area contributed by atoms with Crippen LogP contribution in [-0.4, -0.2) is 41.2 Å². The van der Waals surface area contributed by atoms with Crippen LogP contribution in [0.3, 0.4) is 0 Å². The Bertz CT molecular complexity index is 461. The molecule has 0 aliphatic carbocycles. The molecule has 5 heteroatoms. The van der Waals surface area contributed by atoms with Crippen molar-refractivity contribution in [1.82, 2.24) is 4.90 Å². The highest BCUT2D eigenvalue weighted by atomic mass is 79.9. The van der Waals surface area contributed by atoms with Crippen LogP contribution in [0.2, 0.25) is 0 Å². The molecule has 0 saturated carbocycles. The number of hydrogen-bond acceptors (Lipinski definition) is 3. The Hall–Kier alpha value is -1.07. The first-order valence-electron chi connectivity index (χ1n) is 7.45. The maximum absolute atomic E-state index is 12.6. The van der Waals surface area contributed by atoms with Gasteiger partial charge < -0.3 is 14.7 Å². The number of aliphatic hydroxyl groups excluding tert-OH is 1. The number of benzene rings is 1. The second-order valence-corrected chi connectivity index (χ2v) is 6.32. The molecule has 1 saturated heterocycles. The van der Waals surface area contributed by atoms with Gasteiger partial charge in [-0.05, 0) is 56.9 Å². The lowest BCUT2D eigenvalue weighted by atomic mass is 9.99. The van der Waals surface area contributed by atoms with Gasteiger partial charge >= 0.3 is 0 Å². The van der Waals surface area contributed by atoms with Crippen molar-refractivity contribution in [3.8, 4) is 5.75 Å². The average molecular weight is 356 g/mol. The summed E-state index contributed by atoms with van der Waals surface area (Å²) >= 11 is 3.37. The maximum Gasteiger partial charge on any atom is 0.263 e. The smallest absolute Gasteiger partial charge is 0.263 e. The van der Waals surface area contributed by atoms with E-state index in [0.29, 0.717) is 12.2 Å². The summed E-state index contributed by atoms with van der Waals surface area (Å²) < 4.78 is 6.72. The lowest BCUT2D eigenvalue weighted by molar-refractivity contribution is -0.142. The van der Waals surface area contributed by atoms with Crippen molar-refractivity contribution in [2.75, 3.05) is 13.2 Å². The molecule has 1 fully saturated rings. The van der Waals surface area contributed by atoms with Gasteiger partial charge in [0, 0.05) is 23.7 Å². The van der Waals surface area contributed by atoms with Gasteiger partial charge in [-0.15, -0.1) is 0 Å². The van der Waals surface area contributed by atoms with Crippen molar-refractivity contribution in [3.63, 3.8) is 0 Å². The summed E-state index contributed by atoms with van der Waals surface area (Å²) in [5, 5.41) is 9.14. The van der Waals surface area contributed by atoms with Gasteiger partial charge in [-0.2, -0.15) is 0 Å². The summed E-state index contributed by atoms with van der Waals surface area (Å²) in [5.41, 5.74) is 0. The third-order valence-corrected chi connectivity index (χ3v) is 4.38. The Kier molecular flexibility index (Phi) is 6.06. The molecule has 1 aliphatic rings. The largest absolute Gasteiger partial charge is 0.481 e. The molecule has 1 aromatic rings. The number of halogens is 1. The molecule has 1 aromatic carbocycles. The van der Waals surface area contributed by atoms with Gasteiger partial charge in [0.1, 0.15) is 5.75 Å². The number of nitrogens with zero attached hydrogens (tertiary/aromatic N) is 1. The summed E-state index contributed by atoms with van der Waals surface area (Å²) in [6, 6.07) is 7.61. The Morgan fingerprint density at radius 3 is 2.81 bits per heavy atom. The summed E-state index contributed by atoms with van der Waals surface area (Å²) in [6.45, 7) is 2.67. The van der Waals surface area contributed by atoms with Gasteiger partial charge in [0.2, 0.25) is 0 Å². The van der Waals surface area contributed by atoms with E-state index in [0.717, 1.165) is 30.3 Å². The minimum Gasteiger partial charge on any atom is -0.481 e. The molecule has 1 heterocycles. The fourth-order valence-corrected chi connectivity index (χ4v) is 3.01. The average Bonchev–Trinajstić information content (AvgIpc) is 2.50. The first kappa shape index (κ1) is 16.3. The van der Waals surface area contributed by atoms with E-state index in [-0.39, 0.29) is 18.6 Å². The SMILES string of the molecule is CC(Oc1ccc(Br)cc1)C(=O)N1CCCCC1CCO. The van der Waals surface area contributed by atoms with E-state index in [1.807, 2.05) is 29.2 Å². The van der Waals surface area contributed by atoms with Gasteiger partial charge in [0.05, 0.1) is 0 Å². The van der Waals surface area contributed by atoms with Crippen LogP contribution in [0.4, 0.5) is 0 Å². The molecule has 2 rings (SSSR count). The van der Waals surface area contributed by atoms with Gasteiger partial charge in [-0.1, -0.05) is 15.9 Å². The third-order valence-electron chi connectivity index (χ3n) is 3.85. The molecule has 116 valence electrons. The number of likely N-dealkylation sites (tertiary alicyclic amines) is 1. The molecular weight excluding hydrogens is 334 g/mol. The molecule has 1 N–H and O–H groups in total. The van der Waals surface area contributed by atoms with Gasteiger partial charge in [-0.3, -0.25) is 4.79 Å². The molecular formula is C16H22BrNO3.